The third-order valence-corrected chi connectivity index (χ3v) is 5.63. The molecule has 0 saturated carbocycles. The number of fused-ring (bicyclic) bond motifs is 2. The quantitative estimate of drug-likeness (QED) is 0.365. The lowest BCUT2D eigenvalue weighted by molar-refractivity contribution is -0.138. The molecule has 3 aromatic carbocycles. The number of rotatable bonds is 1. The number of halogens is 3. The summed E-state index contributed by atoms with van der Waals surface area (Å²) in [6, 6.07) is 14.2. The van der Waals surface area contributed by atoms with Crippen molar-refractivity contribution in [1.82, 2.24) is 4.98 Å². The van der Waals surface area contributed by atoms with Gasteiger partial charge in [0.05, 0.1) is 5.56 Å². The van der Waals surface area contributed by atoms with Crippen LogP contribution in [0, 0.1) is 27.7 Å². The molecule has 0 amide bonds. The average Bonchev–Trinajstić information content (AvgIpc) is 2.96. The summed E-state index contributed by atoms with van der Waals surface area (Å²) < 4.78 is 40.9. The Hall–Kier alpha value is -2.75. The van der Waals surface area contributed by atoms with E-state index < -0.39 is 11.7 Å². The topological polar surface area (TPSA) is 15.8 Å². The van der Waals surface area contributed by atoms with Crippen LogP contribution in [0.3, 0.4) is 0 Å². The van der Waals surface area contributed by atoms with E-state index in [4.69, 9.17) is 0 Å². The van der Waals surface area contributed by atoms with Crippen LogP contribution in [-0.4, -0.2) is 4.98 Å². The van der Waals surface area contributed by atoms with E-state index in [-0.39, 0.29) is 0 Å². The summed E-state index contributed by atoms with van der Waals surface area (Å²) in [4.78, 5) is 3.41. The van der Waals surface area contributed by atoms with Gasteiger partial charge >= 0.3 is 6.18 Å². The standard InChI is InChI=1S/C23H20F3N/c1-12-13(2)22-19(14(3)20(12)23(24,25)26)15(4)21(27-22)18-10-9-16-7-5-6-8-17(16)11-18/h5-11,27H,1-4H3. The Balaban J connectivity index is 2.04. The lowest BCUT2D eigenvalue weighted by Crippen LogP contribution is -2.11. The van der Waals surface area contributed by atoms with Crippen molar-refractivity contribution in [3.05, 3.63) is 70.3 Å². The van der Waals surface area contributed by atoms with Gasteiger partial charge in [-0.25, -0.2) is 0 Å². The molecule has 0 unspecified atom stereocenters. The molecule has 4 aromatic rings. The van der Waals surface area contributed by atoms with Crippen LogP contribution in [-0.2, 0) is 6.18 Å². The second kappa shape index (κ2) is 5.88. The van der Waals surface area contributed by atoms with E-state index in [0.717, 1.165) is 33.1 Å². The first-order valence-electron chi connectivity index (χ1n) is 8.88. The maximum Gasteiger partial charge on any atom is 0.416 e. The monoisotopic (exact) mass is 367 g/mol. The van der Waals surface area contributed by atoms with Gasteiger partial charge in [0.1, 0.15) is 0 Å². The van der Waals surface area contributed by atoms with Crippen LogP contribution in [0.1, 0.15) is 27.8 Å². The molecule has 138 valence electrons. The van der Waals surface area contributed by atoms with Gasteiger partial charge in [-0.05, 0) is 72.4 Å². The predicted octanol–water partition coefficient (Wildman–Crippen LogP) is 7.24. The molecule has 1 heterocycles. The summed E-state index contributed by atoms with van der Waals surface area (Å²) in [5.74, 6) is 0. The molecule has 1 aromatic heterocycles. The Labute approximate surface area is 155 Å². The van der Waals surface area contributed by atoms with Crippen molar-refractivity contribution >= 4 is 21.7 Å². The van der Waals surface area contributed by atoms with Crippen molar-refractivity contribution in [3.8, 4) is 11.3 Å². The number of aromatic amines is 1. The number of alkyl halides is 3. The summed E-state index contributed by atoms with van der Waals surface area (Å²) >= 11 is 0. The zero-order chi connectivity index (χ0) is 19.5. The van der Waals surface area contributed by atoms with Crippen LogP contribution in [0.2, 0.25) is 0 Å². The molecule has 0 spiro atoms. The molecule has 1 nitrogen and oxygen atoms in total. The number of aromatic nitrogens is 1. The Morgan fingerprint density at radius 3 is 2.07 bits per heavy atom. The highest BCUT2D eigenvalue weighted by Crippen LogP contribution is 2.42. The van der Waals surface area contributed by atoms with Crippen molar-refractivity contribution in [2.75, 3.05) is 0 Å². The van der Waals surface area contributed by atoms with E-state index in [1.165, 1.54) is 0 Å². The fraction of sp³-hybridized carbons (Fsp3) is 0.217. The largest absolute Gasteiger partial charge is 0.416 e. The van der Waals surface area contributed by atoms with Crippen LogP contribution >= 0.6 is 0 Å². The van der Waals surface area contributed by atoms with Crippen LogP contribution in [0.15, 0.2) is 42.5 Å². The number of nitrogens with one attached hydrogen (secondary N) is 1. The summed E-state index contributed by atoms with van der Waals surface area (Å²) in [5.41, 5.74) is 4.22. The Kier molecular flexibility index (Phi) is 3.84. The van der Waals surface area contributed by atoms with E-state index in [1.54, 1.807) is 20.8 Å². The first-order chi connectivity index (χ1) is 12.7. The maximum atomic E-state index is 13.6. The predicted molar refractivity (Wildman–Crippen MR) is 105 cm³/mol. The van der Waals surface area contributed by atoms with E-state index in [1.807, 2.05) is 43.3 Å². The highest BCUT2D eigenvalue weighted by atomic mass is 19.4. The molecular formula is C23H20F3N. The molecular weight excluding hydrogens is 347 g/mol. The molecule has 0 aliphatic carbocycles. The molecule has 0 aliphatic heterocycles. The number of aryl methyl sites for hydroxylation is 3. The van der Waals surface area contributed by atoms with Crippen LogP contribution < -0.4 is 0 Å². The van der Waals surface area contributed by atoms with Gasteiger partial charge in [0, 0.05) is 16.6 Å². The van der Waals surface area contributed by atoms with Gasteiger partial charge in [0.2, 0.25) is 0 Å². The molecule has 4 rings (SSSR count). The van der Waals surface area contributed by atoms with E-state index in [0.29, 0.717) is 22.1 Å². The fourth-order valence-corrected chi connectivity index (χ4v) is 4.18. The van der Waals surface area contributed by atoms with E-state index in [9.17, 15) is 13.2 Å². The Morgan fingerprint density at radius 1 is 0.741 bits per heavy atom. The van der Waals surface area contributed by atoms with Crippen LogP contribution in [0.4, 0.5) is 13.2 Å². The molecule has 0 atom stereocenters. The molecule has 0 saturated heterocycles. The van der Waals surface area contributed by atoms with Gasteiger partial charge in [-0.1, -0.05) is 36.4 Å². The normalized spacial score (nSPS) is 12.3. The van der Waals surface area contributed by atoms with Crippen LogP contribution in [0.25, 0.3) is 32.9 Å². The Morgan fingerprint density at radius 2 is 1.41 bits per heavy atom. The van der Waals surface area contributed by atoms with Gasteiger partial charge in [0.15, 0.2) is 0 Å². The maximum absolute atomic E-state index is 13.6. The smallest absolute Gasteiger partial charge is 0.354 e. The molecule has 27 heavy (non-hydrogen) atoms. The molecule has 4 heteroatoms. The van der Waals surface area contributed by atoms with Gasteiger partial charge in [0.25, 0.3) is 0 Å². The van der Waals surface area contributed by atoms with E-state index >= 15 is 0 Å². The van der Waals surface area contributed by atoms with Gasteiger partial charge < -0.3 is 4.98 Å². The summed E-state index contributed by atoms with van der Waals surface area (Å²) in [5, 5.41) is 2.92. The lowest BCUT2D eigenvalue weighted by atomic mass is 9.92. The lowest BCUT2D eigenvalue weighted by Gasteiger charge is -2.17. The Bertz CT molecular complexity index is 1200. The molecule has 0 fully saturated rings. The third-order valence-electron chi connectivity index (χ3n) is 5.63. The second-order valence-electron chi connectivity index (χ2n) is 7.18. The first-order valence-corrected chi connectivity index (χ1v) is 8.88. The minimum atomic E-state index is -4.36. The van der Waals surface area contributed by atoms with Gasteiger partial charge in [-0.3, -0.25) is 0 Å². The second-order valence-corrected chi connectivity index (χ2v) is 7.18. The molecule has 0 bridgehead atoms. The zero-order valence-corrected chi connectivity index (χ0v) is 15.7. The number of hydrogen-bond acceptors (Lipinski definition) is 0. The fourth-order valence-electron chi connectivity index (χ4n) is 4.18. The molecule has 1 N–H and O–H groups in total. The van der Waals surface area contributed by atoms with Crippen molar-refractivity contribution < 1.29 is 13.2 Å². The number of H-pyrrole nitrogens is 1. The van der Waals surface area contributed by atoms with Gasteiger partial charge in [-0.2, -0.15) is 13.2 Å². The van der Waals surface area contributed by atoms with Crippen molar-refractivity contribution in [2.45, 2.75) is 33.9 Å². The summed E-state index contributed by atoms with van der Waals surface area (Å²) in [7, 11) is 0. The third kappa shape index (κ3) is 2.62. The average molecular weight is 367 g/mol. The number of benzene rings is 3. The summed E-state index contributed by atoms with van der Waals surface area (Å²) in [6.07, 6.45) is -4.36. The first kappa shape index (κ1) is 17.7. The highest BCUT2D eigenvalue weighted by molar-refractivity contribution is 5.97. The minimum absolute atomic E-state index is 0.291. The van der Waals surface area contributed by atoms with Crippen molar-refractivity contribution in [1.29, 1.82) is 0 Å². The number of hydrogen-bond donors (Lipinski definition) is 1. The molecule has 0 radical (unpaired) electrons. The van der Waals surface area contributed by atoms with E-state index in [2.05, 4.69) is 11.1 Å². The summed E-state index contributed by atoms with van der Waals surface area (Å²) in [6.45, 7) is 6.77. The van der Waals surface area contributed by atoms with Crippen molar-refractivity contribution in [3.63, 3.8) is 0 Å². The SMILES string of the molecule is Cc1c(C(F)(F)F)c(C)c2c(C)c(-c3ccc4ccccc4c3)[nH]c2c1C. The highest BCUT2D eigenvalue weighted by Gasteiger charge is 2.36. The zero-order valence-electron chi connectivity index (χ0n) is 15.7. The minimum Gasteiger partial charge on any atom is -0.354 e. The van der Waals surface area contributed by atoms with Crippen LogP contribution in [0.5, 0.6) is 0 Å². The van der Waals surface area contributed by atoms with Crippen molar-refractivity contribution in [2.24, 2.45) is 0 Å². The van der Waals surface area contributed by atoms with Gasteiger partial charge in [-0.15, -0.1) is 0 Å². The molecule has 0 aliphatic rings.